The summed E-state index contributed by atoms with van der Waals surface area (Å²) in [5.41, 5.74) is -0.407. The number of aromatic nitrogens is 3. The van der Waals surface area contributed by atoms with Gasteiger partial charge in [-0.25, -0.2) is 23.2 Å². The first-order valence-corrected chi connectivity index (χ1v) is 8.43. The fourth-order valence-electron chi connectivity index (χ4n) is 2.17. The monoisotopic (exact) mass is 368 g/mol. The number of benzene rings is 1. The maximum atomic E-state index is 13.0. The summed E-state index contributed by atoms with van der Waals surface area (Å²) in [6.45, 7) is 0. The third-order valence-electron chi connectivity index (χ3n) is 3.34. The first kappa shape index (κ1) is 17.1. The summed E-state index contributed by atoms with van der Waals surface area (Å²) in [5, 5.41) is 8.56. The van der Waals surface area contributed by atoms with Crippen molar-refractivity contribution < 1.29 is 21.6 Å². The summed E-state index contributed by atoms with van der Waals surface area (Å²) >= 11 is 0. The molecule has 25 heavy (non-hydrogen) atoms. The van der Waals surface area contributed by atoms with Gasteiger partial charge >= 0.3 is 6.18 Å². The van der Waals surface area contributed by atoms with Gasteiger partial charge in [0.2, 0.25) is 10.0 Å². The Morgan fingerprint density at radius 1 is 1.04 bits per heavy atom. The van der Waals surface area contributed by atoms with Crippen molar-refractivity contribution >= 4 is 10.0 Å². The molecule has 0 atom stereocenters. The minimum Gasteiger partial charge on any atom is -0.236 e. The van der Waals surface area contributed by atoms with E-state index in [0.29, 0.717) is 5.56 Å². The van der Waals surface area contributed by atoms with Crippen molar-refractivity contribution in [3.63, 3.8) is 0 Å². The normalized spacial score (nSPS) is 12.3. The number of halogens is 3. The molecule has 0 saturated heterocycles. The lowest BCUT2D eigenvalue weighted by atomic mass is 10.1. The molecule has 0 radical (unpaired) electrons. The molecule has 0 aliphatic rings. The van der Waals surface area contributed by atoms with Crippen molar-refractivity contribution in [2.24, 2.45) is 5.14 Å². The van der Waals surface area contributed by atoms with E-state index in [0.717, 1.165) is 23.0 Å². The molecular formula is C15H11F3N4O2S. The second-order valence-corrected chi connectivity index (χ2v) is 6.65. The van der Waals surface area contributed by atoms with Crippen LogP contribution in [-0.4, -0.2) is 23.2 Å². The Morgan fingerprint density at radius 2 is 1.72 bits per heavy atom. The molecule has 2 heterocycles. The summed E-state index contributed by atoms with van der Waals surface area (Å²) in [7, 11) is -3.95. The van der Waals surface area contributed by atoms with Crippen LogP contribution >= 0.6 is 0 Å². The predicted octanol–water partition coefficient (Wildman–Crippen LogP) is 2.60. The molecular weight excluding hydrogens is 357 g/mol. The molecule has 3 aromatic rings. The molecule has 0 fully saturated rings. The smallest absolute Gasteiger partial charge is 0.236 e. The van der Waals surface area contributed by atoms with E-state index in [2.05, 4.69) is 10.1 Å². The van der Waals surface area contributed by atoms with Crippen LogP contribution in [0.4, 0.5) is 13.2 Å². The van der Waals surface area contributed by atoms with Crippen molar-refractivity contribution in [3.8, 4) is 17.1 Å². The van der Waals surface area contributed by atoms with Crippen molar-refractivity contribution in [2.75, 3.05) is 0 Å². The van der Waals surface area contributed by atoms with E-state index >= 15 is 0 Å². The van der Waals surface area contributed by atoms with Gasteiger partial charge in [-0.1, -0.05) is 30.3 Å². The Labute approximate surface area is 140 Å². The summed E-state index contributed by atoms with van der Waals surface area (Å²) < 4.78 is 62.7. The molecule has 3 rings (SSSR count). The maximum absolute atomic E-state index is 13.0. The van der Waals surface area contributed by atoms with Gasteiger partial charge in [0.15, 0.2) is 11.5 Å². The quantitative estimate of drug-likeness (QED) is 0.769. The topological polar surface area (TPSA) is 90.9 Å². The number of sulfonamides is 1. The molecule has 1 aromatic carbocycles. The summed E-state index contributed by atoms with van der Waals surface area (Å²) in [6, 6.07) is 11.6. The van der Waals surface area contributed by atoms with E-state index in [4.69, 9.17) is 5.14 Å². The van der Waals surface area contributed by atoms with Crippen LogP contribution in [0.25, 0.3) is 17.1 Å². The van der Waals surface area contributed by atoms with Gasteiger partial charge in [0.1, 0.15) is 4.90 Å². The van der Waals surface area contributed by atoms with E-state index in [1.807, 2.05) is 0 Å². The third-order valence-corrected chi connectivity index (χ3v) is 4.23. The van der Waals surface area contributed by atoms with Crippen LogP contribution < -0.4 is 5.14 Å². The summed E-state index contributed by atoms with van der Waals surface area (Å²) in [5.74, 6) is 0.0294. The number of rotatable bonds is 3. The molecule has 0 aliphatic carbocycles. The highest BCUT2D eigenvalue weighted by molar-refractivity contribution is 7.89. The van der Waals surface area contributed by atoms with E-state index in [9.17, 15) is 21.6 Å². The lowest BCUT2D eigenvalue weighted by Gasteiger charge is -2.07. The lowest BCUT2D eigenvalue weighted by Crippen LogP contribution is -2.13. The summed E-state index contributed by atoms with van der Waals surface area (Å²) in [4.78, 5) is 3.62. The zero-order valence-electron chi connectivity index (χ0n) is 12.5. The molecule has 6 nitrogen and oxygen atoms in total. The highest BCUT2D eigenvalue weighted by Crippen LogP contribution is 2.32. The second kappa shape index (κ2) is 5.97. The Kier molecular flexibility index (Phi) is 4.09. The van der Waals surface area contributed by atoms with Crippen LogP contribution in [0.2, 0.25) is 0 Å². The number of alkyl halides is 3. The summed E-state index contributed by atoms with van der Waals surface area (Å²) in [6.07, 6.45) is -3.66. The number of primary sulfonamides is 1. The molecule has 2 N–H and O–H groups in total. The largest absolute Gasteiger partial charge is 0.435 e. The van der Waals surface area contributed by atoms with Crippen molar-refractivity contribution in [2.45, 2.75) is 11.1 Å². The third kappa shape index (κ3) is 3.54. The Balaban J connectivity index is 2.16. The fraction of sp³-hybridized carbons (Fsp3) is 0.0667. The average molecular weight is 368 g/mol. The van der Waals surface area contributed by atoms with Crippen LogP contribution in [-0.2, 0) is 16.2 Å². The molecule has 0 saturated carbocycles. The number of nitrogens with zero attached hydrogens (tertiary/aromatic N) is 3. The Morgan fingerprint density at radius 3 is 2.24 bits per heavy atom. The fourth-order valence-corrected chi connectivity index (χ4v) is 2.63. The number of pyridine rings is 1. The highest BCUT2D eigenvalue weighted by atomic mass is 32.2. The Hall–Kier alpha value is -2.72. The minimum absolute atomic E-state index is 0.0294. The van der Waals surface area contributed by atoms with Crippen molar-refractivity contribution in [1.82, 2.24) is 14.8 Å². The van der Waals surface area contributed by atoms with Gasteiger partial charge in [0, 0.05) is 11.8 Å². The highest BCUT2D eigenvalue weighted by Gasteiger charge is 2.35. The molecule has 0 aliphatic heterocycles. The first-order valence-electron chi connectivity index (χ1n) is 6.88. The van der Waals surface area contributed by atoms with Crippen molar-refractivity contribution in [1.29, 1.82) is 0 Å². The molecule has 0 spiro atoms. The zero-order valence-corrected chi connectivity index (χ0v) is 13.3. The number of hydrogen-bond acceptors (Lipinski definition) is 4. The molecule has 0 bridgehead atoms. The average Bonchev–Trinajstić information content (AvgIpc) is 3.00. The zero-order chi connectivity index (χ0) is 18.2. The standard InChI is InChI=1S/C15H11F3N4O2S/c16-15(17,18)13-8-12(10-4-2-1-3-5-10)22(21-13)14-7-6-11(9-20-14)25(19,23)24/h1-9H,(H2,19,23,24). The molecule has 0 amide bonds. The molecule has 2 aromatic heterocycles. The molecule has 0 unspecified atom stereocenters. The maximum Gasteiger partial charge on any atom is 0.435 e. The second-order valence-electron chi connectivity index (χ2n) is 5.09. The first-order chi connectivity index (χ1) is 11.7. The Bertz CT molecular complexity index is 998. The molecule has 130 valence electrons. The van der Waals surface area contributed by atoms with Crippen LogP contribution in [0.3, 0.4) is 0 Å². The van der Waals surface area contributed by atoms with Crippen molar-refractivity contribution in [3.05, 3.63) is 60.4 Å². The lowest BCUT2D eigenvalue weighted by molar-refractivity contribution is -0.141. The van der Waals surface area contributed by atoms with Gasteiger partial charge in [-0.3, -0.25) is 0 Å². The van der Waals surface area contributed by atoms with Gasteiger partial charge in [-0.2, -0.15) is 18.3 Å². The van der Waals surface area contributed by atoms with Gasteiger partial charge in [-0.15, -0.1) is 0 Å². The van der Waals surface area contributed by atoms with Crippen LogP contribution in [0.15, 0.2) is 59.6 Å². The molecule has 10 heteroatoms. The predicted molar refractivity (Wildman–Crippen MR) is 83.2 cm³/mol. The van der Waals surface area contributed by atoms with Gasteiger partial charge in [0.05, 0.1) is 5.69 Å². The van der Waals surface area contributed by atoms with E-state index in [1.54, 1.807) is 30.3 Å². The minimum atomic E-state index is -4.63. The van der Waals surface area contributed by atoms with Crippen LogP contribution in [0, 0.1) is 0 Å². The van der Waals surface area contributed by atoms with Crippen LogP contribution in [0.1, 0.15) is 5.69 Å². The number of hydrogen-bond donors (Lipinski definition) is 1. The van der Waals surface area contributed by atoms with Gasteiger partial charge in [-0.05, 0) is 18.2 Å². The SMILES string of the molecule is NS(=O)(=O)c1ccc(-n2nc(C(F)(F)F)cc2-c2ccccc2)nc1. The number of nitrogens with two attached hydrogens (primary N) is 1. The van der Waals surface area contributed by atoms with E-state index in [1.165, 1.54) is 6.07 Å². The van der Waals surface area contributed by atoms with E-state index < -0.39 is 21.9 Å². The van der Waals surface area contributed by atoms with Gasteiger partial charge < -0.3 is 0 Å². The van der Waals surface area contributed by atoms with Gasteiger partial charge in [0.25, 0.3) is 0 Å². The van der Waals surface area contributed by atoms with E-state index in [-0.39, 0.29) is 16.4 Å². The van der Waals surface area contributed by atoms with Crippen LogP contribution in [0.5, 0.6) is 0 Å².